The van der Waals surface area contributed by atoms with E-state index >= 15 is 0 Å². The van der Waals surface area contributed by atoms with E-state index in [9.17, 15) is 4.79 Å². The number of ether oxygens (including phenoxy) is 1. The van der Waals surface area contributed by atoms with E-state index in [1.807, 2.05) is 0 Å². The van der Waals surface area contributed by atoms with Crippen molar-refractivity contribution in [1.29, 1.82) is 0 Å². The number of carbonyl (C=O) groups is 1. The van der Waals surface area contributed by atoms with Gasteiger partial charge in [-0.2, -0.15) is 0 Å². The lowest BCUT2D eigenvalue weighted by Gasteiger charge is -2.32. The van der Waals surface area contributed by atoms with E-state index in [-0.39, 0.29) is 0 Å². The topological polar surface area (TPSA) is 107 Å². The number of rotatable bonds is 1. The van der Waals surface area contributed by atoms with E-state index in [4.69, 9.17) is 20.4 Å². The molecule has 1 rings (SSSR count). The zero-order valence-electron chi connectivity index (χ0n) is 6.12. The summed E-state index contributed by atoms with van der Waals surface area (Å²) in [4.78, 5) is 10.9. The fraction of sp³-hybridized carbons (Fsp3) is 0.833. The minimum atomic E-state index is -1.73. The fourth-order valence-corrected chi connectivity index (χ4v) is 0.969. The molecule has 0 aliphatic carbocycles. The summed E-state index contributed by atoms with van der Waals surface area (Å²) in [6.45, 7) is -0.587. The maximum absolute atomic E-state index is 10.9. The molecule has 0 bridgehead atoms. The molecule has 0 amide bonds. The molecule has 70 valence electrons. The van der Waals surface area contributed by atoms with Crippen LogP contribution in [0.3, 0.4) is 0 Å². The number of hydrogen-bond acceptors (Lipinski definition) is 6. The second-order valence-corrected chi connectivity index (χ2v) is 2.54. The van der Waals surface area contributed by atoms with Gasteiger partial charge < -0.3 is 25.2 Å². The molecule has 0 radical (unpaired) electrons. The molecule has 4 N–H and O–H groups in total. The van der Waals surface area contributed by atoms with Gasteiger partial charge in [-0.15, -0.1) is 0 Å². The van der Waals surface area contributed by atoms with Crippen LogP contribution in [0.1, 0.15) is 0 Å². The number of ketones is 1. The van der Waals surface area contributed by atoms with Crippen LogP contribution in [-0.2, 0) is 9.53 Å². The quantitative estimate of drug-likeness (QED) is 0.340. The van der Waals surface area contributed by atoms with Gasteiger partial charge in [0.1, 0.15) is 12.2 Å². The molecule has 0 unspecified atom stereocenters. The number of hydrogen-bond donors (Lipinski definition) is 4. The van der Waals surface area contributed by atoms with E-state index in [1.54, 1.807) is 0 Å². The third-order valence-electron chi connectivity index (χ3n) is 1.70. The smallest absolute Gasteiger partial charge is 0.197 e. The summed E-state index contributed by atoms with van der Waals surface area (Å²) in [5, 5.41) is 35.3. The minimum absolute atomic E-state index is 0.587. The SMILES string of the molecule is O=C1[C@H](O)[C@H](O)O[C@H](CO)[C@H]1O. The Hall–Kier alpha value is -0.530. The minimum Gasteiger partial charge on any atom is -0.394 e. The van der Waals surface area contributed by atoms with Crippen LogP contribution in [0.15, 0.2) is 0 Å². The lowest BCUT2D eigenvalue weighted by molar-refractivity contribution is -0.238. The first-order chi connectivity index (χ1) is 5.57. The Morgan fingerprint density at radius 2 is 1.83 bits per heavy atom. The third kappa shape index (κ3) is 1.47. The van der Waals surface area contributed by atoms with Crippen molar-refractivity contribution in [2.75, 3.05) is 6.61 Å². The van der Waals surface area contributed by atoms with Gasteiger partial charge in [0.15, 0.2) is 18.2 Å². The highest BCUT2D eigenvalue weighted by Gasteiger charge is 2.42. The van der Waals surface area contributed by atoms with Crippen LogP contribution in [-0.4, -0.2) is 57.4 Å². The van der Waals surface area contributed by atoms with Crippen molar-refractivity contribution in [2.24, 2.45) is 0 Å². The maximum Gasteiger partial charge on any atom is 0.197 e. The molecule has 0 aromatic rings. The molecule has 1 aliphatic heterocycles. The highest BCUT2D eigenvalue weighted by Crippen LogP contribution is 2.15. The number of aliphatic hydroxyl groups excluding tert-OH is 4. The van der Waals surface area contributed by atoms with Gasteiger partial charge in [-0.1, -0.05) is 0 Å². The van der Waals surface area contributed by atoms with Crippen LogP contribution in [0.25, 0.3) is 0 Å². The highest BCUT2D eigenvalue weighted by molar-refractivity contribution is 5.88. The molecular weight excluding hydrogens is 168 g/mol. The largest absolute Gasteiger partial charge is 0.394 e. The van der Waals surface area contributed by atoms with E-state index < -0.39 is 37.0 Å². The lowest BCUT2D eigenvalue weighted by Crippen LogP contribution is -2.55. The molecule has 6 heteroatoms. The van der Waals surface area contributed by atoms with Crippen LogP contribution in [0.2, 0.25) is 0 Å². The average molecular weight is 178 g/mol. The molecular formula is C6H10O6. The molecule has 0 saturated carbocycles. The molecule has 1 aliphatic rings. The first-order valence-corrected chi connectivity index (χ1v) is 3.42. The monoisotopic (exact) mass is 178 g/mol. The zero-order chi connectivity index (χ0) is 9.30. The molecule has 6 nitrogen and oxygen atoms in total. The lowest BCUT2D eigenvalue weighted by atomic mass is 10.0. The normalized spacial score (nSPS) is 43.2. The molecule has 0 aromatic heterocycles. The van der Waals surface area contributed by atoms with Crippen molar-refractivity contribution in [3.05, 3.63) is 0 Å². The Morgan fingerprint density at radius 1 is 1.25 bits per heavy atom. The van der Waals surface area contributed by atoms with Crippen molar-refractivity contribution in [2.45, 2.75) is 24.6 Å². The second kappa shape index (κ2) is 3.46. The summed E-state index contributed by atoms with van der Waals surface area (Å²) >= 11 is 0. The Labute approximate surface area is 68.0 Å². The first-order valence-electron chi connectivity index (χ1n) is 3.42. The molecule has 4 atom stereocenters. The summed E-state index contributed by atoms with van der Waals surface area (Å²) in [6.07, 6.45) is -6.13. The van der Waals surface area contributed by atoms with Gasteiger partial charge in [-0.25, -0.2) is 0 Å². The number of Topliss-reactive ketones (excluding diaryl/α,β-unsaturated/α-hetero) is 1. The molecule has 0 aromatic carbocycles. The van der Waals surface area contributed by atoms with Crippen molar-refractivity contribution < 1.29 is 30.0 Å². The standard InChI is InChI=1S/C6H10O6/c7-1-2-3(8)4(9)5(10)6(11)12-2/h2-3,5-8,10-11H,1H2/t2-,3-,5+,6-/m1/s1. The first kappa shape index (κ1) is 9.56. The van der Waals surface area contributed by atoms with Crippen LogP contribution in [0.4, 0.5) is 0 Å². The number of carbonyl (C=O) groups excluding carboxylic acids is 1. The van der Waals surface area contributed by atoms with E-state index in [1.165, 1.54) is 0 Å². The Kier molecular flexibility index (Phi) is 2.76. The van der Waals surface area contributed by atoms with Crippen LogP contribution in [0, 0.1) is 0 Å². The van der Waals surface area contributed by atoms with Crippen molar-refractivity contribution in [3.63, 3.8) is 0 Å². The average Bonchev–Trinajstić information content (AvgIpc) is 2.08. The van der Waals surface area contributed by atoms with Gasteiger partial charge in [0, 0.05) is 0 Å². The molecule has 1 heterocycles. The second-order valence-electron chi connectivity index (χ2n) is 2.54. The third-order valence-corrected chi connectivity index (χ3v) is 1.70. The fourth-order valence-electron chi connectivity index (χ4n) is 0.969. The van der Waals surface area contributed by atoms with Crippen molar-refractivity contribution >= 4 is 5.78 Å². The van der Waals surface area contributed by atoms with E-state index in [0.29, 0.717) is 0 Å². The van der Waals surface area contributed by atoms with E-state index in [2.05, 4.69) is 4.74 Å². The molecule has 1 saturated heterocycles. The summed E-state index contributed by atoms with van der Waals surface area (Å²) < 4.78 is 4.52. The van der Waals surface area contributed by atoms with Gasteiger partial charge in [0.2, 0.25) is 0 Å². The van der Waals surface area contributed by atoms with Crippen LogP contribution in [0.5, 0.6) is 0 Å². The van der Waals surface area contributed by atoms with Gasteiger partial charge in [-0.3, -0.25) is 4.79 Å². The summed E-state index contributed by atoms with van der Waals surface area (Å²) in [7, 11) is 0. The predicted octanol–water partition coefficient (Wildman–Crippen LogP) is -3.01. The summed E-state index contributed by atoms with van der Waals surface area (Å²) in [5.41, 5.74) is 0. The van der Waals surface area contributed by atoms with E-state index in [0.717, 1.165) is 0 Å². The van der Waals surface area contributed by atoms with Crippen molar-refractivity contribution in [3.8, 4) is 0 Å². The van der Waals surface area contributed by atoms with Crippen LogP contribution < -0.4 is 0 Å². The molecule has 0 spiro atoms. The Bertz CT molecular complexity index is 181. The van der Waals surface area contributed by atoms with Crippen LogP contribution >= 0.6 is 0 Å². The molecule has 1 fully saturated rings. The van der Waals surface area contributed by atoms with Gasteiger partial charge in [0.05, 0.1) is 6.61 Å². The Morgan fingerprint density at radius 3 is 2.33 bits per heavy atom. The van der Waals surface area contributed by atoms with Gasteiger partial charge >= 0.3 is 0 Å². The number of aliphatic hydroxyl groups is 4. The Balaban J connectivity index is 2.70. The van der Waals surface area contributed by atoms with Gasteiger partial charge in [0.25, 0.3) is 0 Å². The van der Waals surface area contributed by atoms with Crippen molar-refractivity contribution in [1.82, 2.24) is 0 Å². The highest BCUT2D eigenvalue weighted by atomic mass is 16.6. The summed E-state index contributed by atoms with van der Waals surface area (Å²) in [5.74, 6) is -0.937. The maximum atomic E-state index is 10.9. The van der Waals surface area contributed by atoms with Gasteiger partial charge in [-0.05, 0) is 0 Å². The predicted molar refractivity (Wildman–Crippen MR) is 35.0 cm³/mol. The summed E-state index contributed by atoms with van der Waals surface area (Å²) in [6, 6.07) is 0. The zero-order valence-corrected chi connectivity index (χ0v) is 6.12. The molecule has 12 heavy (non-hydrogen) atoms.